The van der Waals surface area contributed by atoms with Gasteiger partial charge in [-0.05, 0) is 24.8 Å². The zero-order valence-corrected chi connectivity index (χ0v) is 11.6. The summed E-state index contributed by atoms with van der Waals surface area (Å²) in [4.78, 5) is 16.5. The molecule has 0 aromatic carbocycles. The maximum atomic E-state index is 12.0. The smallest absolute Gasteiger partial charge is 0.165 e. The van der Waals surface area contributed by atoms with Crippen LogP contribution in [0.5, 0.6) is 0 Å². The van der Waals surface area contributed by atoms with Gasteiger partial charge in [0, 0.05) is 10.8 Å². The number of hydrogen-bond donors (Lipinski definition) is 0. The summed E-state index contributed by atoms with van der Waals surface area (Å²) in [5.74, 6) is 0.261. The summed E-state index contributed by atoms with van der Waals surface area (Å²) in [7, 11) is 0. The van der Waals surface area contributed by atoms with Crippen molar-refractivity contribution in [3.63, 3.8) is 0 Å². The average molecular weight is 249 g/mol. The quantitative estimate of drug-likeness (QED) is 0.818. The number of allylic oxidation sites excluding steroid dienone is 2. The third kappa shape index (κ3) is 3.03. The molecule has 0 aliphatic heterocycles. The van der Waals surface area contributed by atoms with Crippen LogP contribution in [-0.2, 0) is 16.6 Å². The van der Waals surface area contributed by atoms with Crippen LogP contribution in [0.4, 0.5) is 0 Å². The second-order valence-electron chi connectivity index (χ2n) is 5.60. The molecule has 1 heterocycles. The van der Waals surface area contributed by atoms with Gasteiger partial charge in [-0.1, -0.05) is 26.8 Å². The van der Waals surface area contributed by atoms with Gasteiger partial charge in [0.2, 0.25) is 0 Å². The average Bonchev–Trinajstić information content (AvgIpc) is 2.85. The summed E-state index contributed by atoms with van der Waals surface area (Å²) in [6.45, 7) is 6.44. The molecule has 1 aromatic heterocycles. The van der Waals surface area contributed by atoms with Gasteiger partial charge in [0.05, 0.1) is 12.1 Å². The minimum atomic E-state index is 0.0738. The molecule has 0 unspecified atom stereocenters. The molecule has 1 aliphatic carbocycles. The fraction of sp³-hybridized carbons (Fsp3) is 0.571. The van der Waals surface area contributed by atoms with Crippen molar-refractivity contribution in [2.24, 2.45) is 0 Å². The lowest BCUT2D eigenvalue weighted by molar-refractivity contribution is -0.115. The summed E-state index contributed by atoms with van der Waals surface area (Å²) in [6, 6.07) is 0. The molecular weight excluding hydrogens is 230 g/mol. The Labute approximate surface area is 107 Å². The van der Waals surface area contributed by atoms with Gasteiger partial charge in [-0.2, -0.15) is 0 Å². The van der Waals surface area contributed by atoms with Crippen molar-refractivity contribution in [3.8, 4) is 0 Å². The second kappa shape index (κ2) is 4.73. The number of thiazole rings is 1. The summed E-state index contributed by atoms with van der Waals surface area (Å²) >= 11 is 1.60. The fourth-order valence-corrected chi connectivity index (χ4v) is 2.93. The first kappa shape index (κ1) is 12.5. The highest BCUT2D eigenvalue weighted by Gasteiger charge is 2.19. The van der Waals surface area contributed by atoms with Crippen LogP contribution in [0.3, 0.4) is 0 Å². The molecule has 17 heavy (non-hydrogen) atoms. The maximum Gasteiger partial charge on any atom is 0.165 e. The lowest BCUT2D eigenvalue weighted by atomic mass is 9.93. The lowest BCUT2D eigenvalue weighted by Crippen LogP contribution is -2.12. The first-order chi connectivity index (χ1) is 7.97. The Morgan fingerprint density at radius 2 is 2.24 bits per heavy atom. The minimum Gasteiger partial charge on any atom is -0.294 e. The molecule has 0 spiro atoms. The number of carbonyl (C=O) groups excluding carboxylic acids is 1. The van der Waals surface area contributed by atoms with E-state index in [1.54, 1.807) is 11.3 Å². The molecule has 0 radical (unpaired) electrons. The summed E-state index contributed by atoms with van der Waals surface area (Å²) in [6.07, 6.45) is 5.71. The van der Waals surface area contributed by atoms with E-state index in [2.05, 4.69) is 37.2 Å². The third-order valence-corrected chi connectivity index (χ3v) is 3.88. The Kier molecular flexibility index (Phi) is 3.48. The van der Waals surface area contributed by atoms with E-state index in [0.29, 0.717) is 6.42 Å². The summed E-state index contributed by atoms with van der Waals surface area (Å²) in [5.41, 5.74) is 2.17. The van der Waals surface area contributed by atoms with E-state index in [1.165, 1.54) is 0 Å². The highest BCUT2D eigenvalue weighted by molar-refractivity contribution is 7.09. The first-order valence-electron chi connectivity index (χ1n) is 6.14. The van der Waals surface area contributed by atoms with Crippen molar-refractivity contribution in [3.05, 3.63) is 27.7 Å². The summed E-state index contributed by atoms with van der Waals surface area (Å²) < 4.78 is 0. The molecule has 0 amide bonds. The van der Waals surface area contributed by atoms with E-state index in [0.717, 1.165) is 35.5 Å². The van der Waals surface area contributed by atoms with E-state index >= 15 is 0 Å². The largest absolute Gasteiger partial charge is 0.294 e. The van der Waals surface area contributed by atoms with Crippen LogP contribution >= 0.6 is 11.3 Å². The number of hydrogen-bond acceptors (Lipinski definition) is 3. The number of rotatable bonds is 3. The Balaban J connectivity index is 2.04. The van der Waals surface area contributed by atoms with Gasteiger partial charge in [0.25, 0.3) is 0 Å². The van der Waals surface area contributed by atoms with Crippen molar-refractivity contribution in [1.29, 1.82) is 0 Å². The Bertz CT molecular complexity index is 451. The van der Waals surface area contributed by atoms with Crippen molar-refractivity contribution >= 4 is 17.1 Å². The molecular formula is C14H19NOS. The second-order valence-corrected chi connectivity index (χ2v) is 6.54. The molecule has 2 nitrogen and oxygen atoms in total. The van der Waals surface area contributed by atoms with Crippen LogP contribution < -0.4 is 0 Å². The van der Waals surface area contributed by atoms with Crippen LogP contribution in [0.25, 0.3) is 0 Å². The molecule has 3 heteroatoms. The molecule has 0 saturated heterocycles. The van der Waals surface area contributed by atoms with Crippen LogP contribution in [0.1, 0.15) is 50.7 Å². The molecule has 0 fully saturated rings. The van der Waals surface area contributed by atoms with Gasteiger partial charge in [-0.25, -0.2) is 4.98 Å². The topological polar surface area (TPSA) is 30.0 Å². The highest BCUT2D eigenvalue weighted by atomic mass is 32.1. The maximum absolute atomic E-state index is 12.0. The Morgan fingerprint density at radius 1 is 1.47 bits per heavy atom. The highest BCUT2D eigenvalue weighted by Crippen LogP contribution is 2.25. The van der Waals surface area contributed by atoms with E-state index in [1.807, 2.05) is 0 Å². The predicted octanol–water partition coefficient (Wildman–Crippen LogP) is 3.66. The lowest BCUT2D eigenvalue weighted by Gasteiger charge is -2.14. The molecule has 1 aliphatic rings. The van der Waals surface area contributed by atoms with Gasteiger partial charge in [0.15, 0.2) is 5.78 Å². The van der Waals surface area contributed by atoms with Gasteiger partial charge in [-0.15, -0.1) is 11.3 Å². The monoisotopic (exact) mass is 249 g/mol. The third-order valence-electron chi connectivity index (χ3n) is 3.03. The molecule has 0 bridgehead atoms. The molecule has 0 atom stereocenters. The van der Waals surface area contributed by atoms with E-state index in [4.69, 9.17) is 0 Å². The molecule has 92 valence electrons. The van der Waals surface area contributed by atoms with Gasteiger partial charge < -0.3 is 0 Å². The first-order valence-corrected chi connectivity index (χ1v) is 7.02. The zero-order chi connectivity index (χ0) is 12.5. The Hall–Kier alpha value is -0.960. The predicted molar refractivity (Wildman–Crippen MR) is 71.5 cm³/mol. The fourth-order valence-electron chi connectivity index (χ4n) is 1.91. The van der Waals surface area contributed by atoms with E-state index < -0.39 is 0 Å². The van der Waals surface area contributed by atoms with Crippen molar-refractivity contribution < 1.29 is 4.79 Å². The van der Waals surface area contributed by atoms with Crippen LogP contribution in [0.2, 0.25) is 0 Å². The standard InChI is InChI=1S/C14H19NOS/c1-14(2,3)12-9-17-13(15-12)8-11(16)10-6-4-5-7-10/h6,9H,4-5,7-8H2,1-3H3. The number of Topliss-reactive ketones (excluding diaryl/α,β-unsaturated/α-hetero) is 1. The minimum absolute atomic E-state index is 0.0738. The Morgan fingerprint density at radius 3 is 2.76 bits per heavy atom. The number of carbonyl (C=O) groups is 1. The van der Waals surface area contributed by atoms with Crippen molar-refractivity contribution in [2.75, 3.05) is 0 Å². The van der Waals surface area contributed by atoms with Gasteiger partial charge in [-0.3, -0.25) is 4.79 Å². The molecule has 2 rings (SSSR count). The van der Waals surface area contributed by atoms with E-state index in [-0.39, 0.29) is 11.2 Å². The number of ketones is 1. The molecule has 1 aromatic rings. The van der Waals surface area contributed by atoms with Crippen molar-refractivity contribution in [2.45, 2.75) is 51.9 Å². The van der Waals surface area contributed by atoms with Crippen LogP contribution in [0, 0.1) is 0 Å². The van der Waals surface area contributed by atoms with Crippen molar-refractivity contribution in [1.82, 2.24) is 4.98 Å². The van der Waals surface area contributed by atoms with E-state index in [9.17, 15) is 4.79 Å². The van der Waals surface area contributed by atoms with Crippen LogP contribution in [-0.4, -0.2) is 10.8 Å². The van der Waals surface area contributed by atoms with Crippen LogP contribution in [0.15, 0.2) is 17.0 Å². The normalized spacial score (nSPS) is 16.1. The summed E-state index contributed by atoms with van der Waals surface area (Å²) in [5, 5.41) is 3.03. The molecule has 0 saturated carbocycles. The van der Waals surface area contributed by atoms with Gasteiger partial charge >= 0.3 is 0 Å². The molecule has 0 N–H and O–H groups in total. The number of nitrogens with zero attached hydrogens (tertiary/aromatic N) is 1. The zero-order valence-electron chi connectivity index (χ0n) is 10.7. The van der Waals surface area contributed by atoms with Gasteiger partial charge in [0.1, 0.15) is 5.01 Å². The SMILES string of the molecule is CC(C)(C)c1csc(CC(=O)C2=CCCC2)n1. The number of aromatic nitrogens is 1.